The van der Waals surface area contributed by atoms with Crippen LogP contribution in [0.4, 0.5) is 0 Å². The number of aromatic nitrogens is 2. The van der Waals surface area contributed by atoms with Crippen LogP contribution in [0.3, 0.4) is 0 Å². The first-order chi connectivity index (χ1) is 9.06. The number of ether oxygens (including phenoxy) is 1. The smallest absolute Gasteiger partial charge is 0.330 e. The number of hydrogen-bond acceptors (Lipinski definition) is 5. The number of aliphatic hydroxyl groups is 2. The zero-order valence-electron chi connectivity index (χ0n) is 9.82. The van der Waals surface area contributed by atoms with Gasteiger partial charge < -0.3 is 14.9 Å². The van der Waals surface area contributed by atoms with Crippen molar-refractivity contribution in [1.29, 1.82) is 0 Å². The predicted octanol–water partition coefficient (Wildman–Crippen LogP) is -0.613. The Kier molecular flexibility index (Phi) is 4.20. The van der Waals surface area contributed by atoms with Gasteiger partial charge in [-0.2, -0.15) is 0 Å². The van der Waals surface area contributed by atoms with E-state index in [1.54, 1.807) is 0 Å². The standard InChI is InChI=1S/C11H13ClN2O5/c12-2-1-6-4-14(11(18)13-10(6)17)9-3-7(16)8(5-15)19-9/h1-2,4,7-9,15-16H,3,5H2,(H,13,17,18)/b2-1+/t7-,8+,9+/m0/s1. The number of aliphatic hydroxyl groups excluding tert-OH is 2. The van der Waals surface area contributed by atoms with Crippen LogP contribution in [0.2, 0.25) is 0 Å². The largest absolute Gasteiger partial charge is 0.394 e. The van der Waals surface area contributed by atoms with Gasteiger partial charge >= 0.3 is 5.69 Å². The van der Waals surface area contributed by atoms with E-state index in [1.165, 1.54) is 12.3 Å². The lowest BCUT2D eigenvalue weighted by atomic mass is 10.2. The van der Waals surface area contributed by atoms with Gasteiger partial charge in [-0.15, -0.1) is 0 Å². The molecule has 0 radical (unpaired) electrons. The van der Waals surface area contributed by atoms with Crippen molar-refractivity contribution in [3.8, 4) is 0 Å². The molecule has 1 saturated heterocycles. The molecule has 3 N–H and O–H groups in total. The molecule has 2 heterocycles. The normalized spacial score (nSPS) is 27.2. The highest BCUT2D eigenvalue weighted by Crippen LogP contribution is 2.27. The van der Waals surface area contributed by atoms with E-state index < -0.39 is 29.7 Å². The van der Waals surface area contributed by atoms with E-state index in [1.807, 2.05) is 0 Å². The average molecular weight is 289 g/mol. The summed E-state index contributed by atoms with van der Waals surface area (Å²) in [6, 6.07) is 0. The highest BCUT2D eigenvalue weighted by molar-refractivity contribution is 6.27. The first kappa shape index (κ1) is 14.0. The second kappa shape index (κ2) is 5.70. The van der Waals surface area contributed by atoms with Crippen LogP contribution in [0.5, 0.6) is 0 Å². The lowest BCUT2D eigenvalue weighted by Gasteiger charge is -2.14. The minimum absolute atomic E-state index is 0.154. The monoisotopic (exact) mass is 288 g/mol. The van der Waals surface area contributed by atoms with Crippen LogP contribution in [0.25, 0.3) is 6.08 Å². The number of hydrogen-bond donors (Lipinski definition) is 3. The van der Waals surface area contributed by atoms with E-state index in [0.29, 0.717) is 0 Å². The van der Waals surface area contributed by atoms with E-state index in [2.05, 4.69) is 4.98 Å². The molecule has 1 aromatic heterocycles. The van der Waals surface area contributed by atoms with E-state index in [9.17, 15) is 14.7 Å². The van der Waals surface area contributed by atoms with Gasteiger partial charge in [0.2, 0.25) is 0 Å². The zero-order valence-corrected chi connectivity index (χ0v) is 10.6. The molecule has 1 fully saturated rings. The van der Waals surface area contributed by atoms with Gasteiger partial charge in [-0.3, -0.25) is 14.3 Å². The van der Waals surface area contributed by atoms with Gasteiger partial charge in [-0.1, -0.05) is 11.6 Å². The van der Waals surface area contributed by atoms with Crippen LogP contribution in [-0.2, 0) is 4.74 Å². The van der Waals surface area contributed by atoms with Crippen molar-refractivity contribution >= 4 is 17.7 Å². The Morgan fingerprint density at radius 1 is 1.58 bits per heavy atom. The Bertz CT molecular complexity index is 593. The van der Waals surface area contributed by atoms with E-state index in [-0.39, 0.29) is 18.6 Å². The third-order valence-corrected chi connectivity index (χ3v) is 3.06. The number of nitrogens with one attached hydrogen (secondary N) is 1. The van der Waals surface area contributed by atoms with Crippen LogP contribution in [0, 0.1) is 0 Å². The summed E-state index contributed by atoms with van der Waals surface area (Å²) in [6.45, 7) is -0.343. The van der Waals surface area contributed by atoms with Crippen molar-refractivity contribution in [3.05, 3.63) is 38.1 Å². The highest BCUT2D eigenvalue weighted by Gasteiger charge is 2.35. The molecule has 0 bridgehead atoms. The summed E-state index contributed by atoms with van der Waals surface area (Å²) < 4.78 is 6.51. The maximum Gasteiger partial charge on any atom is 0.330 e. The molecular formula is C11H13ClN2O5. The van der Waals surface area contributed by atoms with Crippen LogP contribution >= 0.6 is 11.6 Å². The first-order valence-electron chi connectivity index (χ1n) is 5.63. The Hall–Kier alpha value is -1.41. The fourth-order valence-electron chi connectivity index (χ4n) is 1.95. The molecule has 0 aliphatic carbocycles. The van der Waals surface area contributed by atoms with Crippen LogP contribution in [0.1, 0.15) is 18.2 Å². The van der Waals surface area contributed by atoms with E-state index in [0.717, 1.165) is 10.1 Å². The summed E-state index contributed by atoms with van der Waals surface area (Å²) in [5.41, 5.74) is 0.142. The molecule has 3 atom stereocenters. The molecular weight excluding hydrogens is 276 g/mol. The van der Waals surface area contributed by atoms with Gasteiger partial charge in [0.1, 0.15) is 12.3 Å². The van der Waals surface area contributed by atoms with Crippen molar-refractivity contribution < 1.29 is 14.9 Å². The number of aromatic amines is 1. The van der Waals surface area contributed by atoms with Crippen molar-refractivity contribution in [3.63, 3.8) is 0 Å². The van der Waals surface area contributed by atoms with Crippen molar-refractivity contribution in [1.82, 2.24) is 9.55 Å². The molecule has 0 amide bonds. The molecule has 1 aliphatic rings. The Morgan fingerprint density at radius 2 is 2.32 bits per heavy atom. The topological polar surface area (TPSA) is 105 Å². The molecule has 0 unspecified atom stereocenters. The molecule has 1 aliphatic heterocycles. The Morgan fingerprint density at radius 3 is 2.89 bits per heavy atom. The highest BCUT2D eigenvalue weighted by atomic mass is 35.5. The summed E-state index contributed by atoms with van der Waals surface area (Å²) in [4.78, 5) is 25.3. The molecule has 19 heavy (non-hydrogen) atoms. The summed E-state index contributed by atoms with van der Waals surface area (Å²) in [7, 11) is 0. The number of nitrogens with zero attached hydrogens (tertiary/aromatic N) is 1. The molecule has 7 nitrogen and oxygen atoms in total. The Labute approximate surface area is 112 Å². The van der Waals surface area contributed by atoms with Gasteiger partial charge in [0.05, 0.1) is 18.3 Å². The van der Waals surface area contributed by atoms with Crippen LogP contribution in [-0.4, -0.2) is 38.6 Å². The predicted molar refractivity (Wildman–Crippen MR) is 67.8 cm³/mol. The molecule has 8 heteroatoms. The van der Waals surface area contributed by atoms with Crippen molar-refractivity contribution in [2.24, 2.45) is 0 Å². The minimum Gasteiger partial charge on any atom is -0.394 e. The fraction of sp³-hybridized carbons (Fsp3) is 0.455. The van der Waals surface area contributed by atoms with Gasteiger partial charge in [-0.05, 0) is 6.08 Å². The fourth-order valence-corrected chi connectivity index (χ4v) is 2.09. The molecule has 2 rings (SSSR count). The first-order valence-corrected chi connectivity index (χ1v) is 6.07. The third-order valence-electron chi connectivity index (χ3n) is 2.93. The number of halogens is 1. The van der Waals surface area contributed by atoms with Gasteiger partial charge in [0.15, 0.2) is 0 Å². The zero-order chi connectivity index (χ0) is 14.0. The lowest BCUT2D eigenvalue weighted by Crippen LogP contribution is -2.33. The van der Waals surface area contributed by atoms with E-state index >= 15 is 0 Å². The number of rotatable bonds is 3. The quantitative estimate of drug-likeness (QED) is 0.688. The van der Waals surface area contributed by atoms with Crippen molar-refractivity contribution in [2.75, 3.05) is 6.61 Å². The van der Waals surface area contributed by atoms with Crippen LogP contribution < -0.4 is 11.2 Å². The summed E-state index contributed by atoms with van der Waals surface area (Å²) in [6.07, 6.45) is 0.458. The summed E-state index contributed by atoms with van der Waals surface area (Å²) in [5.74, 6) is 0. The number of H-pyrrole nitrogens is 1. The molecule has 0 spiro atoms. The summed E-state index contributed by atoms with van der Waals surface area (Å²) >= 11 is 5.40. The summed E-state index contributed by atoms with van der Waals surface area (Å²) in [5, 5.41) is 18.6. The van der Waals surface area contributed by atoms with Gasteiger partial charge in [-0.25, -0.2) is 4.79 Å². The molecule has 0 aromatic carbocycles. The van der Waals surface area contributed by atoms with Gasteiger partial charge in [0.25, 0.3) is 5.56 Å². The second-order valence-corrected chi connectivity index (χ2v) is 4.41. The van der Waals surface area contributed by atoms with Gasteiger partial charge in [0, 0.05) is 18.2 Å². The maximum absolute atomic E-state index is 11.7. The molecule has 0 saturated carbocycles. The molecule has 1 aromatic rings. The van der Waals surface area contributed by atoms with Crippen molar-refractivity contribution in [2.45, 2.75) is 24.9 Å². The lowest BCUT2D eigenvalue weighted by molar-refractivity contribution is -0.0459. The Balaban J connectivity index is 2.38. The average Bonchev–Trinajstić information content (AvgIpc) is 2.74. The SMILES string of the molecule is O=c1[nH]c(=O)n([C@H]2C[C@H](O)[C@@H](CO)O2)cc1/C=C/Cl. The van der Waals surface area contributed by atoms with Crippen LogP contribution in [0.15, 0.2) is 21.3 Å². The molecule has 104 valence electrons. The maximum atomic E-state index is 11.7. The minimum atomic E-state index is -0.860. The third kappa shape index (κ3) is 2.79. The van der Waals surface area contributed by atoms with E-state index in [4.69, 9.17) is 21.4 Å². The second-order valence-electron chi connectivity index (χ2n) is 4.16.